The number of aromatic carboxylic acids is 1. The topological polar surface area (TPSA) is 78.9 Å². The standard InChI is InChI=1S/C13H18N2O4S/c1-9(12(16)15-4-6-19-7-5-15)14-8-10-2-3-11(20-10)13(17)18/h2-3,9,14H,4-8H2,1H3,(H,17,18). The molecule has 0 spiro atoms. The number of rotatable bonds is 5. The maximum absolute atomic E-state index is 12.1. The lowest BCUT2D eigenvalue weighted by Gasteiger charge is -2.29. The first kappa shape index (κ1) is 15.0. The van der Waals surface area contributed by atoms with Gasteiger partial charge in [0, 0.05) is 24.5 Å². The highest BCUT2D eigenvalue weighted by atomic mass is 32.1. The van der Waals surface area contributed by atoms with Gasteiger partial charge in [0.25, 0.3) is 0 Å². The molecule has 110 valence electrons. The molecule has 2 heterocycles. The van der Waals surface area contributed by atoms with Crippen LogP contribution in [0.25, 0.3) is 0 Å². The summed E-state index contributed by atoms with van der Waals surface area (Å²) in [6.45, 7) is 4.76. The Bertz CT molecular complexity index is 482. The van der Waals surface area contributed by atoms with Gasteiger partial charge >= 0.3 is 5.97 Å². The van der Waals surface area contributed by atoms with Gasteiger partial charge in [-0.1, -0.05) is 0 Å². The van der Waals surface area contributed by atoms with Crippen molar-refractivity contribution in [2.75, 3.05) is 26.3 Å². The van der Waals surface area contributed by atoms with Crippen LogP contribution in [0.3, 0.4) is 0 Å². The van der Waals surface area contributed by atoms with Crippen molar-refractivity contribution >= 4 is 23.2 Å². The first-order valence-corrected chi connectivity index (χ1v) is 7.31. The summed E-state index contributed by atoms with van der Waals surface area (Å²) in [5, 5.41) is 12.0. The molecule has 0 bridgehead atoms. The van der Waals surface area contributed by atoms with E-state index < -0.39 is 5.97 Å². The molecule has 20 heavy (non-hydrogen) atoms. The van der Waals surface area contributed by atoms with Crippen LogP contribution in [0, 0.1) is 0 Å². The number of ether oxygens (including phenoxy) is 1. The minimum absolute atomic E-state index is 0.0586. The molecule has 0 radical (unpaired) electrons. The lowest BCUT2D eigenvalue weighted by atomic mass is 10.2. The molecule has 1 amide bonds. The number of nitrogens with zero attached hydrogens (tertiary/aromatic N) is 1. The van der Waals surface area contributed by atoms with Crippen molar-refractivity contribution in [1.29, 1.82) is 0 Å². The highest BCUT2D eigenvalue weighted by Gasteiger charge is 2.22. The third-order valence-corrected chi connectivity index (χ3v) is 4.22. The lowest BCUT2D eigenvalue weighted by Crippen LogP contribution is -2.48. The van der Waals surface area contributed by atoms with Crippen LogP contribution in [0.4, 0.5) is 0 Å². The third kappa shape index (κ3) is 3.78. The molecule has 1 saturated heterocycles. The number of morpholine rings is 1. The Kier molecular flexibility index (Phi) is 5.11. The van der Waals surface area contributed by atoms with Crippen molar-refractivity contribution in [1.82, 2.24) is 10.2 Å². The average molecular weight is 298 g/mol. The normalized spacial score (nSPS) is 16.9. The minimum atomic E-state index is -0.918. The monoisotopic (exact) mass is 298 g/mol. The highest BCUT2D eigenvalue weighted by molar-refractivity contribution is 7.13. The van der Waals surface area contributed by atoms with E-state index in [0.29, 0.717) is 37.7 Å². The summed E-state index contributed by atoms with van der Waals surface area (Å²) in [6, 6.07) is 3.06. The second-order valence-electron chi connectivity index (χ2n) is 4.61. The van der Waals surface area contributed by atoms with Crippen LogP contribution in [0.5, 0.6) is 0 Å². The number of thiophene rings is 1. The molecule has 0 aliphatic carbocycles. The predicted molar refractivity (Wildman–Crippen MR) is 75.0 cm³/mol. The zero-order valence-corrected chi connectivity index (χ0v) is 12.1. The summed E-state index contributed by atoms with van der Waals surface area (Å²) in [5.74, 6) is -0.859. The van der Waals surface area contributed by atoms with Gasteiger partial charge in [0.05, 0.1) is 19.3 Å². The molecule has 1 aliphatic heterocycles. The van der Waals surface area contributed by atoms with Crippen molar-refractivity contribution in [2.24, 2.45) is 0 Å². The number of carboxylic acids is 1. The molecule has 7 heteroatoms. The molecule has 1 unspecified atom stereocenters. The van der Waals surface area contributed by atoms with Crippen molar-refractivity contribution in [2.45, 2.75) is 19.5 Å². The Balaban J connectivity index is 1.82. The Hall–Kier alpha value is -1.44. The molecular formula is C13H18N2O4S. The molecule has 1 aromatic rings. The molecule has 0 aromatic carbocycles. The highest BCUT2D eigenvalue weighted by Crippen LogP contribution is 2.16. The number of hydrogen-bond donors (Lipinski definition) is 2. The summed E-state index contributed by atoms with van der Waals surface area (Å²) >= 11 is 1.22. The van der Waals surface area contributed by atoms with Gasteiger partial charge in [-0.25, -0.2) is 4.79 Å². The first-order chi connectivity index (χ1) is 9.58. The molecule has 2 rings (SSSR count). The molecule has 1 aliphatic rings. The number of carbonyl (C=O) groups is 2. The Morgan fingerprint density at radius 2 is 2.15 bits per heavy atom. The van der Waals surface area contributed by atoms with Crippen molar-refractivity contribution < 1.29 is 19.4 Å². The van der Waals surface area contributed by atoms with E-state index >= 15 is 0 Å². The summed E-state index contributed by atoms with van der Waals surface area (Å²) in [4.78, 5) is 25.9. The maximum Gasteiger partial charge on any atom is 0.345 e. The molecular weight excluding hydrogens is 280 g/mol. The van der Waals surface area contributed by atoms with Gasteiger partial charge < -0.3 is 20.1 Å². The van der Waals surface area contributed by atoms with Gasteiger partial charge in [-0.3, -0.25) is 4.79 Å². The minimum Gasteiger partial charge on any atom is -0.477 e. The van der Waals surface area contributed by atoms with Gasteiger partial charge in [0.15, 0.2) is 0 Å². The Morgan fingerprint density at radius 3 is 2.75 bits per heavy atom. The van der Waals surface area contributed by atoms with Crippen molar-refractivity contribution in [3.05, 3.63) is 21.9 Å². The summed E-state index contributed by atoms with van der Waals surface area (Å²) < 4.78 is 5.22. The quantitative estimate of drug-likeness (QED) is 0.840. The number of amides is 1. The lowest BCUT2D eigenvalue weighted by molar-refractivity contribution is -0.137. The van der Waals surface area contributed by atoms with E-state index in [9.17, 15) is 9.59 Å². The zero-order valence-electron chi connectivity index (χ0n) is 11.3. The molecule has 1 aromatic heterocycles. The Morgan fingerprint density at radius 1 is 1.45 bits per heavy atom. The third-order valence-electron chi connectivity index (χ3n) is 3.15. The second-order valence-corrected chi connectivity index (χ2v) is 5.78. The van der Waals surface area contributed by atoms with E-state index in [-0.39, 0.29) is 11.9 Å². The number of carbonyl (C=O) groups excluding carboxylic acids is 1. The van der Waals surface area contributed by atoms with E-state index in [1.54, 1.807) is 17.0 Å². The van der Waals surface area contributed by atoms with E-state index in [4.69, 9.17) is 9.84 Å². The van der Waals surface area contributed by atoms with E-state index in [2.05, 4.69) is 5.32 Å². The number of nitrogens with one attached hydrogen (secondary N) is 1. The largest absolute Gasteiger partial charge is 0.477 e. The van der Waals surface area contributed by atoms with Crippen molar-refractivity contribution in [3.63, 3.8) is 0 Å². The van der Waals surface area contributed by atoms with Crippen LogP contribution >= 0.6 is 11.3 Å². The van der Waals surface area contributed by atoms with E-state index in [1.807, 2.05) is 6.92 Å². The summed E-state index contributed by atoms with van der Waals surface area (Å²) in [7, 11) is 0. The fraction of sp³-hybridized carbons (Fsp3) is 0.538. The van der Waals surface area contributed by atoms with E-state index in [1.165, 1.54) is 11.3 Å². The second kappa shape index (κ2) is 6.83. The van der Waals surface area contributed by atoms with Gasteiger partial charge in [-0.15, -0.1) is 11.3 Å². The van der Waals surface area contributed by atoms with Crippen LogP contribution in [-0.4, -0.2) is 54.2 Å². The van der Waals surface area contributed by atoms with Crippen LogP contribution in [0.15, 0.2) is 12.1 Å². The SMILES string of the molecule is CC(NCc1ccc(C(=O)O)s1)C(=O)N1CCOCC1. The molecule has 0 saturated carbocycles. The van der Waals surface area contributed by atoms with Crippen LogP contribution in [0.1, 0.15) is 21.5 Å². The molecule has 1 fully saturated rings. The van der Waals surface area contributed by atoms with Gasteiger partial charge in [0.1, 0.15) is 4.88 Å². The smallest absolute Gasteiger partial charge is 0.345 e. The number of carboxylic acid groups (broad SMARTS) is 1. The van der Waals surface area contributed by atoms with Gasteiger partial charge in [-0.05, 0) is 19.1 Å². The van der Waals surface area contributed by atoms with Crippen LogP contribution < -0.4 is 5.32 Å². The zero-order chi connectivity index (χ0) is 14.5. The fourth-order valence-electron chi connectivity index (χ4n) is 1.99. The van der Waals surface area contributed by atoms with Crippen molar-refractivity contribution in [3.8, 4) is 0 Å². The summed E-state index contributed by atoms with van der Waals surface area (Å²) in [5.41, 5.74) is 0. The summed E-state index contributed by atoms with van der Waals surface area (Å²) in [6.07, 6.45) is 0. The Labute approximate surface area is 121 Å². The van der Waals surface area contributed by atoms with E-state index in [0.717, 1.165) is 4.88 Å². The predicted octanol–water partition coefficient (Wildman–Crippen LogP) is 0.783. The maximum atomic E-state index is 12.1. The molecule has 6 nitrogen and oxygen atoms in total. The van der Waals surface area contributed by atoms with Gasteiger partial charge in [0.2, 0.25) is 5.91 Å². The van der Waals surface area contributed by atoms with Crippen LogP contribution in [-0.2, 0) is 16.1 Å². The molecule has 1 atom stereocenters. The number of hydrogen-bond acceptors (Lipinski definition) is 5. The first-order valence-electron chi connectivity index (χ1n) is 6.50. The average Bonchev–Trinajstić information content (AvgIpc) is 2.94. The van der Waals surface area contributed by atoms with Gasteiger partial charge in [-0.2, -0.15) is 0 Å². The molecule has 2 N–H and O–H groups in total. The van der Waals surface area contributed by atoms with Crippen LogP contribution in [0.2, 0.25) is 0 Å². The fourth-order valence-corrected chi connectivity index (χ4v) is 2.78.